The number of hydrogen-bond acceptors (Lipinski definition) is 5. The third-order valence-electron chi connectivity index (χ3n) is 1.96. The van der Waals surface area contributed by atoms with Crippen molar-refractivity contribution >= 4 is 15.7 Å². The average Bonchev–Trinajstić information content (AvgIpc) is 2.24. The summed E-state index contributed by atoms with van der Waals surface area (Å²) >= 11 is 0. The summed E-state index contributed by atoms with van der Waals surface area (Å²) < 4.78 is 39.5. The van der Waals surface area contributed by atoms with E-state index < -0.39 is 20.8 Å². The summed E-state index contributed by atoms with van der Waals surface area (Å²) in [5.41, 5.74) is -0.385. The number of nitro benzene ring substituents is 1. The molecule has 0 aromatic heterocycles. The molecule has 0 aliphatic rings. The van der Waals surface area contributed by atoms with Gasteiger partial charge in [-0.1, -0.05) is 0 Å². The van der Waals surface area contributed by atoms with Gasteiger partial charge in [0.25, 0.3) is 5.69 Å². The highest BCUT2D eigenvalue weighted by atomic mass is 32.2. The fourth-order valence-corrected chi connectivity index (χ4v) is 1.68. The molecule has 0 aliphatic heterocycles. The van der Waals surface area contributed by atoms with Gasteiger partial charge in [-0.25, -0.2) is 17.9 Å². The lowest BCUT2D eigenvalue weighted by Gasteiger charge is -2.06. The van der Waals surface area contributed by atoms with Gasteiger partial charge >= 0.3 is 0 Å². The highest BCUT2D eigenvalue weighted by Gasteiger charge is 2.11. The molecule has 0 saturated carbocycles. The first-order chi connectivity index (χ1) is 8.29. The molecule has 2 N–H and O–H groups in total. The lowest BCUT2D eigenvalue weighted by molar-refractivity contribution is -0.385. The van der Waals surface area contributed by atoms with E-state index in [-0.39, 0.29) is 30.2 Å². The zero-order valence-electron chi connectivity index (χ0n) is 9.21. The maximum atomic E-state index is 13.3. The van der Waals surface area contributed by atoms with Crippen LogP contribution in [0.1, 0.15) is 6.42 Å². The Morgan fingerprint density at radius 3 is 2.61 bits per heavy atom. The van der Waals surface area contributed by atoms with Crippen LogP contribution in [0.5, 0.6) is 5.75 Å². The summed E-state index contributed by atoms with van der Waals surface area (Å²) in [7, 11) is -3.57. The third-order valence-corrected chi connectivity index (χ3v) is 2.81. The van der Waals surface area contributed by atoms with E-state index in [4.69, 9.17) is 9.88 Å². The molecule has 1 aromatic carbocycles. The number of nitro groups is 1. The SMILES string of the molecule is NS(=O)(=O)CCCOc1ccc([N+](=O)[O-])cc1F. The van der Waals surface area contributed by atoms with Crippen LogP contribution in [0.4, 0.5) is 10.1 Å². The van der Waals surface area contributed by atoms with Gasteiger partial charge in [-0.05, 0) is 12.5 Å². The van der Waals surface area contributed by atoms with Gasteiger partial charge in [0, 0.05) is 6.07 Å². The number of benzene rings is 1. The topological polar surface area (TPSA) is 113 Å². The Kier molecular flexibility index (Phi) is 4.56. The number of nitrogens with zero attached hydrogens (tertiary/aromatic N) is 1. The van der Waals surface area contributed by atoms with Crippen molar-refractivity contribution in [1.29, 1.82) is 0 Å². The van der Waals surface area contributed by atoms with Crippen LogP contribution in [0.2, 0.25) is 0 Å². The Hall–Kier alpha value is -1.74. The van der Waals surface area contributed by atoms with E-state index in [1.165, 1.54) is 0 Å². The van der Waals surface area contributed by atoms with E-state index in [0.717, 1.165) is 18.2 Å². The van der Waals surface area contributed by atoms with Crippen molar-refractivity contribution in [3.8, 4) is 5.75 Å². The molecule has 0 fully saturated rings. The van der Waals surface area contributed by atoms with Crippen LogP contribution in [-0.2, 0) is 10.0 Å². The van der Waals surface area contributed by atoms with Gasteiger partial charge in [0.1, 0.15) is 0 Å². The molecule has 0 atom stereocenters. The standard InChI is InChI=1S/C9H11FN2O5S/c10-8-6-7(12(13)14)2-3-9(8)17-4-1-5-18(11,15)16/h2-3,6H,1,4-5H2,(H2,11,15,16). The molecule has 100 valence electrons. The van der Waals surface area contributed by atoms with Gasteiger partial charge in [-0.3, -0.25) is 10.1 Å². The highest BCUT2D eigenvalue weighted by Crippen LogP contribution is 2.22. The fraction of sp³-hybridized carbons (Fsp3) is 0.333. The van der Waals surface area contributed by atoms with E-state index in [9.17, 15) is 22.9 Å². The Bertz CT molecular complexity index is 546. The Morgan fingerprint density at radius 1 is 1.44 bits per heavy atom. The van der Waals surface area contributed by atoms with Crippen molar-refractivity contribution < 1.29 is 22.5 Å². The first-order valence-corrected chi connectivity index (χ1v) is 6.58. The lowest BCUT2D eigenvalue weighted by Crippen LogP contribution is -2.18. The quantitative estimate of drug-likeness (QED) is 0.469. The monoisotopic (exact) mass is 278 g/mol. The number of non-ortho nitro benzene ring substituents is 1. The molecule has 1 aromatic rings. The predicted octanol–water partition coefficient (Wildman–Crippen LogP) is 0.791. The summed E-state index contributed by atoms with van der Waals surface area (Å²) in [6.07, 6.45) is 0.106. The van der Waals surface area contributed by atoms with E-state index in [2.05, 4.69) is 0 Å². The molecule has 0 saturated heterocycles. The molecule has 0 radical (unpaired) electrons. The fourth-order valence-electron chi connectivity index (χ4n) is 1.16. The van der Waals surface area contributed by atoms with Crippen LogP contribution >= 0.6 is 0 Å². The van der Waals surface area contributed by atoms with Crippen molar-refractivity contribution in [3.63, 3.8) is 0 Å². The number of ether oxygens (including phenoxy) is 1. The molecule has 0 unspecified atom stereocenters. The molecule has 0 amide bonds. The summed E-state index contributed by atoms with van der Waals surface area (Å²) in [6.45, 7) is -0.0504. The number of sulfonamides is 1. The van der Waals surface area contributed by atoms with Gasteiger partial charge < -0.3 is 4.74 Å². The third kappa shape index (κ3) is 4.63. The first-order valence-electron chi connectivity index (χ1n) is 4.87. The Labute approximate surface area is 103 Å². The lowest BCUT2D eigenvalue weighted by atomic mass is 10.3. The maximum Gasteiger partial charge on any atom is 0.272 e. The van der Waals surface area contributed by atoms with Crippen molar-refractivity contribution in [2.75, 3.05) is 12.4 Å². The van der Waals surface area contributed by atoms with E-state index in [1.807, 2.05) is 0 Å². The number of nitrogens with two attached hydrogens (primary N) is 1. The second-order valence-corrected chi connectivity index (χ2v) is 5.17. The van der Waals surface area contributed by atoms with Crippen LogP contribution < -0.4 is 9.88 Å². The predicted molar refractivity (Wildman–Crippen MR) is 61.1 cm³/mol. The molecule has 0 aliphatic carbocycles. The molecule has 1 rings (SSSR count). The number of primary sulfonamides is 1. The zero-order valence-corrected chi connectivity index (χ0v) is 10.0. The van der Waals surface area contributed by atoms with Gasteiger partial charge in [0.15, 0.2) is 11.6 Å². The summed E-state index contributed by atoms with van der Waals surface area (Å²) in [6, 6.07) is 2.94. The minimum absolute atomic E-state index is 0.0504. The van der Waals surface area contributed by atoms with E-state index >= 15 is 0 Å². The molecular weight excluding hydrogens is 267 g/mol. The van der Waals surface area contributed by atoms with Crippen LogP contribution in [0.25, 0.3) is 0 Å². The molecular formula is C9H11FN2O5S. The molecule has 0 bridgehead atoms. The summed E-state index contributed by atoms with van der Waals surface area (Å²) in [5.74, 6) is -1.32. The Balaban J connectivity index is 2.56. The highest BCUT2D eigenvalue weighted by molar-refractivity contribution is 7.89. The number of hydrogen-bond donors (Lipinski definition) is 1. The summed E-state index contributed by atoms with van der Waals surface area (Å²) in [5, 5.41) is 15.1. The van der Waals surface area contributed by atoms with Gasteiger partial charge in [-0.2, -0.15) is 0 Å². The second-order valence-electron chi connectivity index (χ2n) is 3.44. The zero-order chi connectivity index (χ0) is 13.8. The largest absolute Gasteiger partial charge is 0.490 e. The average molecular weight is 278 g/mol. The van der Waals surface area contributed by atoms with Gasteiger partial charge in [0.05, 0.1) is 23.3 Å². The molecule has 0 spiro atoms. The van der Waals surface area contributed by atoms with Crippen molar-refractivity contribution in [3.05, 3.63) is 34.1 Å². The Morgan fingerprint density at radius 2 is 2.11 bits per heavy atom. The second kappa shape index (κ2) is 5.74. The van der Waals surface area contributed by atoms with Gasteiger partial charge in [0.2, 0.25) is 10.0 Å². The van der Waals surface area contributed by atoms with Crippen LogP contribution in [0.15, 0.2) is 18.2 Å². The first kappa shape index (κ1) is 14.3. The number of rotatable bonds is 6. The summed E-state index contributed by atoms with van der Waals surface area (Å²) in [4.78, 5) is 9.62. The molecule has 7 nitrogen and oxygen atoms in total. The van der Waals surface area contributed by atoms with Crippen LogP contribution in [-0.4, -0.2) is 25.7 Å². The smallest absolute Gasteiger partial charge is 0.272 e. The molecule has 9 heteroatoms. The minimum Gasteiger partial charge on any atom is -0.490 e. The normalized spacial score (nSPS) is 11.2. The van der Waals surface area contributed by atoms with Crippen LogP contribution in [0.3, 0.4) is 0 Å². The molecule has 0 heterocycles. The van der Waals surface area contributed by atoms with E-state index in [0.29, 0.717) is 0 Å². The number of halogens is 1. The minimum atomic E-state index is -3.57. The van der Waals surface area contributed by atoms with E-state index in [1.54, 1.807) is 0 Å². The molecule has 18 heavy (non-hydrogen) atoms. The van der Waals surface area contributed by atoms with Crippen molar-refractivity contribution in [2.24, 2.45) is 5.14 Å². The van der Waals surface area contributed by atoms with Crippen LogP contribution in [0, 0.1) is 15.9 Å². The van der Waals surface area contributed by atoms with Gasteiger partial charge in [-0.15, -0.1) is 0 Å². The maximum absolute atomic E-state index is 13.3. The van der Waals surface area contributed by atoms with Crippen molar-refractivity contribution in [1.82, 2.24) is 0 Å². The van der Waals surface area contributed by atoms with Crippen molar-refractivity contribution in [2.45, 2.75) is 6.42 Å².